The van der Waals surface area contributed by atoms with Crippen LogP contribution in [0.5, 0.6) is 5.75 Å². The fourth-order valence-corrected chi connectivity index (χ4v) is 3.41. The third kappa shape index (κ3) is 5.15. The van der Waals surface area contributed by atoms with Gasteiger partial charge in [-0.3, -0.25) is 9.48 Å². The highest BCUT2D eigenvalue weighted by molar-refractivity contribution is 6.33. The van der Waals surface area contributed by atoms with Crippen molar-refractivity contribution in [3.8, 4) is 5.75 Å². The molecular formula is C23H21ClFN5O2. The second-order valence-electron chi connectivity index (χ2n) is 7.39. The number of carbonyl (C=O) groups is 1. The quantitative estimate of drug-likeness (QED) is 0.435. The molecule has 0 aliphatic heterocycles. The minimum absolute atomic E-state index is 0.167. The summed E-state index contributed by atoms with van der Waals surface area (Å²) in [5.41, 5.74) is 3.11. The molecule has 2 aromatic heterocycles. The van der Waals surface area contributed by atoms with E-state index < -0.39 is 5.91 Å². The van der Waals surface area contributed by atoms with Crippen molar-refractivity contribution < 1.29 is 13.9 Å². The zero-order valence-corrected chi connectivity index (χ0v) is 18.3. The van der Waals surface area contributed by atoms with Gasteiger partial charge in [-0.05, 0) is 49.2 Å². The predicted molar refractivity (Wildman–Crippen MR) is 119 cm³/mol. The molecule has 0 radical (unpaired) electrons. The number of halogens is 2. The van der Waals surface area contributed by atoms with Crippen molar-refractivity contribution in [1.82, 2.24) is 19.6 Å². The first kappa shape index (κ1) is 21.6. The summed E-state index contributed by atoms with van der Waals surface area (Å²) in [7, 11) is 0. The summed E-state index contributed by atoms with van der Waals surface area (Å²) in [5, 5.41) is 11.4. The molecule has 0 spiro atoms. The van der Waals surface area contributed by atoms with E-state index >= 15 is 0 Å². The molecule has 0 saturated carbocycles. The fraction of sp³-hybridized carbons (Fsp3) is 0.174. The smallest absolute Gasteiger partial charge is 0.277 e. The van der Waals surface area contributed by atoms with E-state index in [2.05, 4.69) is 15.5 Å². The Morgan fingerprint density at radius 2 is 1.97 bits per heavy atom. The maximum atomic E-state index is 13.4. The molecule has 164 valence electrons. The lowest BCUT2D eigenvalue weighted by atomic mass is 10.1. The Morgan fingerprint density at radius 3 is 2.75 bits per heavy atom. The first-order chi connectivity index (χ1) is 15.4. The van der Waals surface area contributed by atoms with E-state index in [0.717, 1.165) is 22.4 Å². The van der Waals surface area contributed by atoms with Crippen molar-refractivity contribution in [2.24, 2.45) is 0 Å². The fourth-order valence-electron chi connectivity index (χ4n) is 3.21. The standard InChI is InChI=1S/C23H21ClFN5O2/c1-15-6-7-21(16(2)10-15)32-14-29-9-8-20(27-29)23(31)26-22-19(24)13-30(28-22)12-17-4-3-5-18(25)11-17/h3-11,13H,12,14H2,1-2H3,(H,26,28,31). The number of hydrogen-bond acceptors (Lipinski definition) is 4. The Hall–Kier alpha value is -3.65. The largest absolute Gasteiger partial charge is 0.471 e. The summed E-state index contributed by atoms with van der Waals surface area (Å²) in [6, 6.07) is 13.7. The number of hydrogen-bond donors (Lipinski definition) is 1. The van der Waals surface area contributed by atoms with Gasteiger partial charge in [0.05, 0.1) is 6.54 Å². The van der Waals surface area contributed by atoms with Crippen molar-refractivity contribution in [1.29, 1.82) is 0 Å². The Bertz CT molecular complexity index is 1270. The highest BCUT2D eigenvalue weighted by atomic mass is 35.5. The second kappa shape index (κ2) is 9.23. The molecule has 0 unspecified atom stereocenters. The average Bonchev–Trinajstić information content (AvgIpc) is 3.34. The van der Waals surface area contributed by atoms with Gasteiger partial charge in [0.25, 0.3) is 5.91 Å². The van der Waals surface area contributed by atoms with Crippen LogP contribution in [0.15, 0.2) is 60.9 Å². The maximum absolute atomic E-state index is 13.4. The average molecular weight is 454 g/mol. The van der Waals surface area contributed by atoms with Crippen LogP contribution in [0.4, 0.5) is 10.2 Å². The number of carbonyl (C=O) groups excluding carboxylic acids is 1. The van der Waals surface area contributed by atoms with E-state index in [1.54, 1.807) is 30.6 Å². The summed E-state index contributed by atoms with van der Waals surface area (Å²) in [6.07, 6.45) is 3.22. The van der Waals surface area contributed by atoms with Crippen molar-refractivity contribution in [2.45, 2.75) is 27.1 Å². The molecule has 2 heterocycles. The minimum atomic E-state index is -0.451. The van der Waals surface area contributed by atoms with E-state index in [1.165, 1.54) is 21.5 Å². The number of amides is 1. The van der Waals surface area contributed by atoms with Crippen LogP contribution < -0.4 is 10.1 Å². The number of ether oxygens (including phenoxy) is 1. The van der Waals surface area contributed by atoms with E-state index in [4.69, 9.17) is 16.3 Å². The molecule has 4 rings (SSSR count). The van der Waals surface area contributed by atoms with Crippen LogP contribution in [0.25, 0.3) is 0 Å². The molecule has 0 aliphatic carbocycles. The van der Waals surface area contributed by atoms with Crippen molar-refractivity contribution in [2.75, 3.05) is 5.32 Å². The van der Waals surface area contributed by atoms with Gasteiger partial charge in [0.2, 0.25) is 0 Å². The van der Waals surface area contributed by atoms with Gasteiger partial charge in [-0.15, -0.1) is 0 Å². The molecule has 7 nitrogen and oxygen atoms in total. The summed E-state index contributed by atoms with van der Waals surface area (Å²) in [5.74, 6) is 0.182. The lowest BCUT2D eigenvalue weighted by Gasteiger charge is -2.09. The SMILES string of the molecule is Cc1ccc(OCn2ccc(C(=O)Nc3nn(Cc4cccc(F)c4)cc3Cl)n2)c(C)c1. The van der Waals surface area contributed by atoms with Crippen molar-refractivity contribution >= 4 is 23.3 Å². The van der Waals surface area contributed by atoms with Crippen LogP contribution >= 0.6 is 11.6 Å². The van der Waals surface area contributed by atoms with Gasteiger partial charge in [0.15, 0.2) is 18.2 Å². The second-order valence-corrected chi connectivity index (χ2v) is 7.80. The number of aryl methyl sites for hydroxylation is 2. The molecule has 9 heteroatoms. The van der Waals surface area contributed by atoms with E-state index in [9.17, 15) is 9.18 Å². The molecule has 2 aromatic carbocycles. The van der Waals surface area contributed by atoms with Gasteiger partial charge in [-0.1, -0.05) is 41.4 Å². The van der Waals surface area contributed by atoms with Gasteiger partial charge >= 0.3 is 0 Å². The van der Waals surface area contributed by atoms with Crippen LogP contribution in [0.1, 0.15) is 27.2 Å². The molecule has 1 N–H and O–H groups in total. The third-order valence-corrected chi connectivity index (χ3v) is 5.02. The van der Waals surface area contributed by atoms with Gasteiger partial charge in [0, 0.05) is 12.4 Å². The molecule has 0 atom stereocenters. The molecule has 0 bridgehead atoms. The first-order valence-electron chi connectivity index (χ1n) is 9.89. The van der Waals surface area contributed by atoms with Gasteiger partial charge in [-0.2, -0.15) is 10.2 Å². The van der Waals surface area contributed by atoms with Crippen molar-refractivity contribution in [3.05, 3.63) is 94.1 Å². The number of anilines is 1. The molecule has 1 amide bonds. The van der Waals surface area contributed by atoms with Gasteiger partial charge in [0.1, 0.15) is 16.6 Å². The predicted octanol–water partition coefficient (Wildman–Crippen LogP) is 4.83. The minimum Gasteiger partial charge on any atom is -0.471 e. The Kier molecular flexibility index (Phi) is 6.23. The normalized spacial score (nSPS) is 10.9. The number of rotatable bonds is 7. The maximum Gasteiger partial charge on any atom is 0.277 e. The van der Waals surface area contributed by atoms with Crippen LogP contribution in [0.2, 0.25) is 5.02 Å². The highest BCUT2D eigenvalue weighted by Gasteiger charge is 2.15. The summed E-state index contributed by atoms with van der Waals surface area (Å²) >= 11 is 6.20. The highest BCUT2D eigenvalue weighted by Crippen LogP contribution is 2.21. The van der Waals surface area contributed by atoms with E-state index in [-0.39, 0.29) is 29.1 Å². The summed E-state index contributed by atoms with van der Waals surface area (Å²) < 4.78 is 22.2. The van der Waals surface area contributed by atoms with Crippen LogP contribution in [-0.2, 0) is 13.3 Å². The Labute approximate surface area is 189 Å². The van der Waals surface area contributed by atoms with E-state index in [1.807, 2.05) is 32.0 Å². The lowest BCUT2D eigenvalue weighted by Crippen LogP contribution is -2.15. The zero-order chi connectivity index (χ0) is 22.7. The topological polar surface area (TPSA) is 74.0 Å². The van der Waals surface area contributed by atoms with Crippen LogP contribution in [0, 0.1) is 19.7 Å². The molecule has 0 fully saturated rings. The van der Waals surface area contributed by atoms with Crippen LogP contribution in [0.3, 0.4) is 0 Å². The summed E-state index contributed by atoms with van der Waals surface area (Å²) in [4.78, 5) is 12.6. The van der Waals surface area contributed by atoms with E-state index in [0.29, 0.717) is 6.54 Å². The summed E-state index contributed by atoms with van der Waals surface area (Å²) in [6.45, 7) is 4.48. The number of benzene rings is 2. The number of nitrogens with zero attached hydrogens (tertiary/aromatic N) is 4. The van der Waals surface area contributed by atoms with Crippen molar-refractivity contribution in [3.63, 3.8) is 0 Å². The molecule has 4 aromatic rings. The van der Waals surface area contributed by atoms with Gasteiger partial charge in [-0.25, -0.2) is 9.07 Å². The molecule has 0 aliphatic rings. The Morgan fingerprint density at radius 1 is 1.12 bits per heavy atom. The first-order valence-corrected chi connectivity index (χ1v) is 10.3. The monoisotopic (exact) mass is 453 g/mol. The Balaban J connectivity index is 1.38. The molecule has 0 saturated heterocycles. The van der Waals surface area contributed by atoms with Crippen LogP contribution in [-0.4, -0.2) is 25.5 Å². The number of aromatic nitrogens is 4. The zero-order valence-electron chi connectivity index (χ0n) is 17.5. The molecule has 32 heavy (non-hydrogen) atoms. The number of nitrogens with one attached hydrogen (secondary N) is 1. The molecular weight excluding hydrogens is 433 g/mol. The third-order valence-electron chi connectivity index (χ3n) is 4.74. The van der Waals surface area contributed by atoms with Gasteiger partial charge < -0.3 is 10.1 Å². The lowest BCUT2D eigenvalue weighted by molar-refractivity contribution is 0.101.